The Morgan fingerprint density at radius 3 is 2.56 bits per heavy atom. The number of amides is 4. The molecule has 1 aliphatic carbocycles. The summed E-state index contributed by atoms with van der Waals surface area (Å²) in [4.78, 5) is 55.2. The molecule has 2 aliphatic heterocycles. The number of hydrogen-bond acceptors (Lipinski definition) is 7. The molecular formula is C23H25N3O5S. The summed E-state index contributed by atoms with van der Waals surface area (Å²) in [6, 6.07) is 6.81. The van der Waals surface area contributed by atoms with Crippen LogP contribution >= 0.6 is 11.8 Å². The van der Waals surface area contributed by atoms with Gasteiger partial charge in [0.1, 0.15) is 17.1 Å². The van der Waals surface area contributed by atoms with Crippen molar-refractivity contribution in [2.24, 2.45) is 4.99 Å². The standard InChI is InChI=1S/C23H25N3O5S/c1-2-3-6-18-25-23(11-4-5-12-23)21(29)26(18)19(27)14-31-16-9-7-15(8-10-16)13-17-20(28)24-22(30)32-17/h7-10,13H,2-6,11-12,14H2,1H3,(H,24,28,30)/b17-13-. The monoisotopic (exact) mass is 455 g/mol. The van der Waals surface area contributed by atoms with Crippen molar-refractivity contribution in [1.29, 1.82) is 0 Å². The van der Waals surface area contributed by atoms with Crippen LogP contribution < -0.4 is 10.1 Å². The number of thioether (sulfide) groups is 1. The van der Waals surface area contributed by atoms with Crippen molar-refractivity contribution >= 4 is 46.6 Å². The van der Waals surface area contributed by atoms with Gasteiger partial charge < -0.3 is 4.74 Å². The molecular weight excluding hydrogens is 430 g/mol. The number of ether oxygens (including phenoxy) is 1. The van der Waals surface area contributed by atoms with Crippen LogP contribution in [0.2, 0.25) is 0 Å². The van der Waals surface area contributed by atoms with Gasteiger partial charge in [0, 0.05) is 6.42 Å². The quantitative estimate of drug-likeness (QED) is 0.629. The van der Waals surface area contributed by atoms with E-state index >= 15 is 0 Å². The number of rotatable bonds is 7. The molecule has 1 aromatic rings. The zero-order valence-corrected chi connectivity index (χ0v) is 18.7. The molecule has 0 aromatic heterocycles. The molecule has 8 nitrogen and oxygen atoms in total. The average molecular weight is 456 g/mol. The van der Waals surface area contributed by atoms with Crippen LogP contribution in [0.15, 0.2) is 34.2 Å². The number of amidine groups is 1. The highest BCUT2D eigenvalue weighted by Gasteiger charge is 2.51. The van der Waals surface area contributed by atoms with E-state index < -0.39 is 22.6 Å². The lowest BCUT2D eigenvalue weighted by Gasteiger charge is -2.21. The second kappa shape index (κ2) is 9.28. The Morgan fingerprint density at radius 1 is 1.22 bits per heavy atom. The Kier molecular flexibility index (Phi) is 6.45. The van der Waals surface area contributed by atoms with Crippen LogP contribution in [-0.4, -0.2) is 45.8 Å². The predicted molar refractivity (Wildman–Crippen MR) is 121 cm³/mol. The normalized spacial score (nSPS) is 20.9. The van der Waals surface area contributed by atoms with E-state index in [0.29, 0.717) is 35.8 Å². The van der Waals surface area contributed by atoms with Crippen molar-refractivity contribution in [2.75, 3.05) is 6.61 Å². The van der Waals surface area contributed by atoms with E-state index in [-0.39, 0.29) is 12.5 Å². The van der Waals surface area contributed by atoms with E-state index in [0.717, 1.165) is 43.0 Å². The van der Waals surface area contributed by atoms with Gasteiger partial charge in [0.2, 0.25) is 0 Å². The summed E-state index contributed by atoms with van der Waals surface area (Å²) in [5, 5.41) is 1.82. The number of hydrogen-bond donors (Lipinski definition) is 1. The van der Waals surface area contributed by atoms with Crippen molar-refractivity contribution in [3.05, 3.63) is 34.7 Å². The van der Waals surface area contributed by atoms with Crippen LogP contribution in [0.25, 0.3) is 6.08 Å². The van der Waals surface area contributed by atoms with E-state index in [1.807, 2.05) is 0 Å². The minimum atomic E-state index is -0.750. The fraction of sp³-hybridized carbons (Fsp3) is 0.435. The maximum atomic E-state index is 13.1. The fourth-order valence-corrected chi connectivity index (χ4v) is 4.84. The van der Waals surface area contributed by atoms with Crippen LogP contribution in [0.5, 0.6) is 5.75 Å². The Bertz CT molecular complexity index is 1010. The molecule has 0 bridgehead atoms. The molecule has 32 heavy (non-hydrogen) atoms. The first-order valence-electron chi connectivity index (χ1n) is 10.9. The van der Waals surface area contributed by atoms with Crippen LogP contribution in [0.4, 0.5) is 4.79 Å². The second-order valence-electron chi connectivity index (χ2n) is 8.11. The Morgan fingerprint density at radius 2 is 1.94 bits per heavy atom. The van der Waals surface area contributed by atoms with Crippen molar-refractivity contribution in [2.45, 2.75) is 57.4 Å². The highest BCUT2D eigenvalue weighted by molar-refractivity contribution is 8.18. The van der Waals surface area contributed by atoms with E-state index in [1.165, 1.54) is 4.90 Å². The van der Waals surface area contributed by atoms with Crippen molar-refractivity contribution in [3.63, 3.8) is 0 Å². The highest BCUT2D eigenvalue weighted by atomic mass is 32.2. The number of nitrogens with zero attached hydrogens (tertiary/aromatic N) is 2. The molecule has 9 heteroatoms. The third kappa shape index (κ3) is 4.48. The topological polar surface area (TPSA) is 105 Å². The van der Waals surface area contributed by atoms with Crippen LogP contribution in [-0.2, 0) is 14.4 Å². The maximum Gasteiger partial charge on any atom is 0.290 e. The summed E-state index contributed by atoms with van der Waals surface area (Å²) in [5.74, 6) is 0.00305. The Hall–Kier alpha value is -2.94. The smallest absolute Gasteiger partial charge is 0.290 e. The largest absolute Gasteiger partial charge is 0.484 e. The summed E-state index contributed by atoms with van der Waals surface area (Å²) in [6.45, 7) is 1.80. The first kappa shape index (κ1) is 22.3. The summed E-state index contributed by atoms with van der Waals surface area (Å²) in [7, 11) is 0. The summed E-state index contributed by atoms with van der Waals surface area (Å²) in [6.07, 6.45) is 7.34. The number of aliphatic imine (C=N–C) groups is 1. The lowest BCUT2D eigenvalue weighted by Crippen LogP contribution is -2.46. The molecule has 1 saturated carbocycles. The molecule has 3 aliphatic rings. The SMILES string of the molecule is CCCCC1=NC2(CCCC2)C(=O)N1C(=O)COc1ccc(/C=C2\SC(=O)NC2=O)cc1. The zero-order chi connectivity index (χ0) is 22.7. The number of benzene rings is 1. The summed E-state index contributed by atoms with van der Waals surface area (Å²) < 4.78 is 5.64. The van der Waals surface area contributed by atoms with Gasteiger partial charge in [-0.2, -0.15) is 0 Å². The zero-order valence-electron chi connectivity index (χ0n) is 17.9. The molecule has 0 atom stereocenters. The molecule has 1 aromatic carbocycles. The van der Waals surface area contributed by atoms with Gasteiger partial charge in [0.25, 0.3) is 23.0 Å². The van der Waals surface area contributed by atoms with Crippen LogP contribution in [0.1, 0.15) is 57.4 Å². The minimum absolute atomic E-state index is 0.210. The Balaban J connectivity index is 1.40. The van der Waals surface area contributed by atoms with E-state index in [9.17, 15) is 19.2 Å². The van der Waals surface area contributed by atoms with E-state index in [4.69, 9.17) is 9.73 Å². The molecule has 2 fully saturated rings. The van der Waals surface area contributed by atoms with E-state index in [1.54, 1.807) is 30.3 Å². The van der Waals surface area contributed by atoms with Crippen LogP contribution in [0.3, 0.4) is 0 Å². The van der Waals surface area contributed by atoms with E-state index in [2.05, 4.69) is 12.2 Å². The number of imide groups is 2. The van der Waals surface area contributed by atoms with Gasteiger partial charge in [-0.1, -0.05) is 38.3 Å². The number of carbonyl (C=O) groups is 4. The van der Waals surface area contributed by atoms with Gasteiger partial charge in [-0.15, -0.1) is 0 Å². The number of nitrogens with one attached hydrogen (secondary N) is 1. The number of unbranched alkanes of at least 4 members (excludes halogenated alkanes) is 1. The predicted octanol–water partition coefficient (Wildman–Crippen LogP) is 3.66. The van der Waals surface area contributed by atoms with Gasteiger partial charge in [0.15, 0.2) is 6.61 Å². The van der Waals surface area contributed by atoms with Gasteiger partial charge >= 0.3 is 0 Å². The molecule has 4 rings (SSSR count). The molecule has 1 saturated heterocycles. The third-order valence-electron chi connectivity index (χ3n) is 5.82. The molecule has 1 spiro atoms. The van der Waals surface area contributed by atoms with Crippen molar-refractivity contribution in [1.82, 2.24) is 10.2 Å². The first-order valence-corrected chi connectivity index (χ1v) is 11.7. The minimum Gasteiger partial charge on any atom is -0.484 e. The summed E-state index contributed by atoms with van der Waals surface area (Å²) in [5.41, 5.74) is -0.0253. The fourth-order valence-electron chi connectivity index (χ4n) is 4.16. The van der Waals surface area contributed by atoms with Gasteiger partial charge in [-0.05, 0) is 54.8 Å². The summed E-state index contributed by atoms with van der Waals surface area (Å²) >= 11 is 0.852. The molecule has 2 heterocycles. The molecule has 168 valence electrons. The number of carbonyl (C=O) groups excluding carboxylic acids is 4. The van der Waals surface area contributed by atoms with Gasteiger partial charge in [0.05, 0.1) is 4.91 Å². The van der Waals surface area contributed by atoms with Crippen molar-refractivity contribution in [3.8, 4) is 5.75 Å². The van der Waals surface area contributed by atoms with Gasteiger partial charge in [-0.3, -0.25) is 29.5 Å². The molecule has 1 N–H and O–H groups in total. The molecule has 0 radical (unpaired) electrons. The third-order valence-corrected chi connectivity index (χ3v) is 6.63. The second-order valence-corrected chi connectivity index (χ2v) is 9.13. The Labute approximate surface area is 190 Å². The highest BCUT2D eigenvalue weighted by Crippen LogP contribution is 2.39. The molecule has 0 unspecified atom stereocenters. The lowest BCUT2D eigenvalue weighted by molar-refractivity contribution is -0.142. The molecule has 4 amide bonds. The van der Waals surface area contributed by atoms with Gasteiger partial charge in [-0.25, -0.2) is 4.90 Å². The van der Waals surface area contributed by atoms with Crippen molar-refractivity contribution < 1.29 is 23.9 Å². The van der Waals surface area contributed by atoms with Crippen LogP contribution in [0, 0.1) is 0 Å². The average Bonchev–Trinajstić information content (AvgIpc) is 3.45. The lowest BCUT2D eigenvalue weighted by atomic mass is 9.98. The first-order chi connectivity index (χ1) is 15.4. The maximum absolute atomic E-state index is 13.1.